The van der Waals surface area contributed by atoms with E-state index >= 15 is 0 Å². The lowest BCUT2D eigenvalue weighted by Crippen LogP contribution is -2.32. The van der Waals surface area contributed by atoms with Crippen molar-refractivity contribution >= 4 is 11.7 Å². The number of rotatable bonds is 6. The zero-order chi connectivity index (χ0) is 19.2. The number of para-hydroxylation sites is 1. The molecule has 0 saturated heterocycles. The second kappa shape index (κ2) is 8.35. The third-order valence-corrected chi connectivity index (χ3v) is 4.02. The molecule has 140 valence electrons. The van der Waals surface area contributed by atoms with E-state index in [0.717, 1.165) is 28.3 Å². The van der Waals surface area contributed by atoms with Crippen molar-refractivity contribution in [2.45, 2.75) is 20.8 Å². The van der Waals surface area contributed by atoms with Crippen molar-refractivity contribution in [2.75, 3.05) is 18.5 Å². The number of hydrogen-bond acceptors (Lipinski definition) is 4. The highest BCUT2D eigenvalue weighted by molar-refractivity contribution is 5.89. The van der Waals surface area contributed by atoms with Gasteiger partial charge in [-0.1, -0.05) is 30.3 Å². The predicted octanol–water partition coefficient (Wildman–Crippen LogP) is 3.60. The molecule has 0 unspecified atom stereocenters. The van der Waals surface area contributed by atoms with Gasteiger partial charge in [0.1, 0.15) is 18.2 Å². The molecule has 0 bridgehead atoms. The zero-order valence-electron chi connectivity index (χ0n) is 15.7. The number of carbonyl (C=O) groups is 1. The van der Waals surface area contributed by atoms with Crippen LogP contribution in [0.1, 0.15) is 17.0 Å². The number of nitrogens with zero attached hydrogens (tertiary/aromatic N) is 2. The number of aromatic nitrogens is 3. The fraction of sp³-hybridized carbons (Fsp3) is 0.250. The van der Waals surface area contributed by atoms with Crippen molar-refractivity contribution in [1.82, 2.24) is 20.5 Å². The second-order valence-electron chi connectivity index (χ2n) is 6.28. The predicted molar refractivity (Wildman–Crippen MR) is 105 cm³/mol. The summed E-state index contributed by atoms with van der Waals surface area (Å²) in [6.07, 6.45) is 0. The molecule has 2 aromatic carbocycles. The summed E-state index contributed by atoms with van der Waals surface area (Å²) < 4.78 is 5.78. The van der Waals surface area contributed by atoms with Crippen LogP contribution >= 0.6 is 0 Å². The first-order valence-corrected chi connectivity index (χ1v) is 8.76. The fourth-order valence-electron chi connectivity index (χ4n) is 2.73. The van der Waals surface area contributed by atoms with Crippen LogP contribution in [0.5, 0.6) is 5.75 Å². The van der Waals surface area contributed by atoms with Crippen molar-refractivity contribution in [1.29, 1.82) is 0 Å². The van der Waals surface area contributed by atoms with Crippen LogP contribution in [-0.4, -0.2) is 34.4 Å². The summed E-state index contributed by atoms with van der Waals surface area (Å²) in [6, 6.07) is 13.1. The number of nitrogens with one attached hydrogen (secondary N) is 3. The molecule has 1 aromatic heterocycles. The molecule has 0 saturated carbocycles. The first-order valence-electron chi connectivity index (χ1n) is 8.76. The molecule has 1 heterocycles. The van der Waals surface area contributed by atoms with Crippen LogP contribution in [0.15, 0.2) is 42.5 Å². The number of aryl methyl sites for hydroxylation is 3. The maximum absolute atomic E-state index is 12.1. The van der Waals surface area contributed by atoms with Gasteiger partial charge < -0.3 is 15.4 Å². The summed E-state index contributed by atoms with van der Waals surface area (Å²) in [4.78, 5) is 16.4. The molecule has 0 spiro atoms. The molecule has 3 aromatic rings. The van der Waals surface area contributed by atoms with Crippen molar-refractivity contribution in [3.63, 3.8) is 0 Å². The molecule has 3 N–H and O–H groups in total. The highest BCUT2D eigenvalue weighted by Gasteiger charge is 2.07. The van der Waals surface area contributed by atoms with Gasteiger partial charge in [0.2, 0.25) is 0 Å². The smallest absolute Gasteiger partial charge is 0.319 e. The maximum Gasteiger partial charge on any atom is 0.319 e. The lowest BCUT2D eigenvalue weighted by Gasteiger charge is -2.13. The number of carbonyl (C=O) groups excluding carboxylic acids is 1. The van der Waals surface area contributed by atoms with Gasteiger partial charge in [-0.2, -0.15) is 5.10 Å². The van der Waals surface area contributed by atoms with Gasteiger partial charge >= 0.3 is 6.03 Å². The van der Waals surface area contributed by atoms with E-state index in [-0.39, 0.29) is 6.03 Å². The van der Waals surface area contributed by atoms with E-state index in [1.807, 2.05) is 63.2 Å². The molecule has 0 aliphatic heterocycles. The van der Waals surface area contributed by atoms with Gasteiger partial charge in [0.05, 0.1) is 6.54 Å². The molecule has 0 radical (unpaired) electrons. The minimum Gasteiger partial charge on any atom is -0.491 e. The Hall–Kier alpha value is -3.35. The minimum absolute atomic E-state index is 0.288. The van der Waals surface area contributed by atoms with E-state index in [0.29, 0.717) is 24.7 Å². The van der Waals surface area contributed by atoms with Gasteiger partial charge in [-0.15, -0.1) is 0 Å². The number of aromatic amines is 1. The molecule has 7 heteroatoms. The van der Waals surface area contributed by atoms with Crippen LogP contribution in [0.25, 0.3) is 11.4 Å². The number of hydrogen-bond donors (Lipinski definition) is 3. The van der Waals surface area contributed by atoms with E-state index in [2.05, 4.69) is 25.8 Å². The summed E-state index contributed by atoms with van der Waals surface area (Å²) >= 11 is 0. The van der Waals surface area contributed by atoms with Gasteiger partial charge in [-0.25, -0.2) is 9.78 Å². The van der Waals surface area contributed by atoms with Gasteiger partial charge in [-0.05, 0) is 44.0 Å². The van der Waals surface area contributed by atoms with Gasteiger partial charge in [0.15, 0.2) is 5.82 Å². The Labute approximate surface area is 158 Å². The number of benzene rings is 2. The van der Waals surface area contributed by atoms with Crippen molar-refractivity contribution < 1.29 is 9.53 Å². The minimum atomic E-state index is -0.288. The maximum atomic E-state index is 12.1. The Morgan fingerprint density at radius 1 is 1.11 bits per heavy atom. The molecule has 3 rings (SSSR count). The van der Waals surface area contributed by atoms with Crippen LogP contribution in [0.3, 0.4) is 0 Å². The average Bonchev–Trinajstić information content (AvgIpc) is 3.07. The Kier molecular flexibility index (Phi) is 5.71. The standard InChI is InChI=1S/C20H23N5O2/c1-13-6-4-7-14(2)18(13)27-11-10-21-20(26)23-17-9-5-8-16(12-17)19-22-15(3)24-25-19/h4-9,12H,10-11H2,1-3H3,(H2,21,23,26)(H,22,24,25). The number of H-pyrrole nitrogens is 1. The topological polar surface area (TPSA) is 91.9 Å². The molecule has 2 amide bonds. The summed E-state index contributed by atoms with van der Waals surface area (Å²) in [5, 5.41) is 12.5. The SMILES string of the molecule is Cc1nc(-c2cccc(NC(=O)NCCOc3c(C)cccc3C)c2)n[nH]1. The second-order valence-corrected chi connectivity index (χ2v) is 6.28. The van der Waals surface area contributed by atoms with Gasteiger partial charge in [-0.3, -0.25) is 5.10 Å². The van der Waals surface area contributed by atoms with Gasteiger partial charge in [0, 0.05) is 11.3 Å². The lowest BCUT2D eigenvalue weighted by atomic mass is 10.1. The summed E-state index contributed by atoms with van der Waals surface area (Å²) in [5.74, 6) is 2.21. The third-order valence-electron chi connectivity index (χ3n) is 4.02. The number of ether oxygens (including phenoxy) is 1. The molecular weight excluding hydrogens is 342 g/mol. The third kappa shape index (κ3) is 4.84. The summed E-state index contributed by atoms with van der Waals surface area (Å²) in [5.41, 5.74) is 3.66. The fourth-order valence-corrected chi connectivity index (χ4v) is 2.73. The summed E-state index contributed by atoms with van der Waals surface area (Å²) in [6.45, 7) is 6.65. The molecule has 0 aliphatic rings. The Morgan fingerprint density at radius 3 is 2.56 bits per heavy atom. The van der Waals surface area contributed by atoms with E-state index in [1.54, 1.807) is 0 Å². The lowest BCUT2D eigenvalue weighted by molar-refractivity contribution is 0.247. The van der Waals surface area contributed by atoms with Crippen LogP contribution in [0.4, 0.5) is 10.5 Å². The van der Waals surface area contributed by atoms with Crippen molar-refractivity contribution in [3.8, 4) is 17.1 Å². The number of anilines is 1. The van der Waals surface area contributed by atoms with Crippen molar-refractivity contribution in [2.24, 2.45) is 0 Å². The van der Waals surface area contributed by atoms with Crippen LogP contribution in [0.2, 0.25) is 0 Å². The number of urea groups is 1. The molecule has 0 atom stereocenters. The Balaban J connectivity index is 1.50. The molecule has 0 aliphatic carbocycles. The molecular formula is C20H23N5O2. The number of amides is 2. The highest BCUT2D eigenvalue weighted by Crippen LogP contribution is 2.22. The van der Waals surface area contributed by atoms with Crippen molar-refractivity contribution in [3.05, 3.63) is 59.4 Å². The Bertz CT molecular complexity index is 915. The Morgan fingerprint density at radius 2 is 1.85 bits per heavy atom. The quantitative estimate of drug-likeness (QED) is 0.582. The van der Waals surface area contributed by atoms with E-state index in [9.17, 15) is 4.79 Å². The first kappa shape index (κ1) is 18.4. The van der Waals surface area contributed by atoms with Gasteiger partial charge in [0.25, 0.3) is 0 Å². The monoisotopic (exact) mass is 365 g/mol. The van der Waals surface area contributed by atoms with Crippen LogP contribution in [-0.2, 0) is 0 Å². The zero-order valence-corrected chi connectivity index (χ0v) is 15.7. The highest BCUT2D eigenvalue weighted by atomic mass is 16.5. The average molecular weight is 365 g/mol. The van der Waals surface area contributed by atoms with E-state index < -0.39 is 0 Å². The normalized spacial score (nSPS) is 10.5. The summed E-state index contributed by atoms with van der Waals surface area (Å²) in [7, 11) is 0. The molecule has 27 heavy (non-hydrogen) atoms. The first-order chi connectivity index (χ1) is 13.0. The largest absolute Gasteiger partial charge is 0.491 e. The molecule has 0 fully saturated rings. The van der Waals surface area contributed by atoms with Crippen LogP contribution in [0, 0.1) is 20.8 Å². The van der Waals surface area contributed by atoms with E-state index in [1.165, 1.54) is 0 Å². The molecule has 7 nitrogen and oxygen atoms in total. The van der Waals surface area contributed by atoms with Crippen LogP contribution < -0.4 is 15.4 Å². The van der Waals surface area contributed by atoms with E-state index in [4.69, 9.17) is 4.74 Å².